The van der Waals surface area contributed by atoms with Crippen molar-refractivity contribution >= 4 is 31.9 Å². The van der Waals surface area contributed by atoms with Gasteiger partial charge in [-0.3, -0.25) is 5.10 Å². The molecule has 0 saturated carbocycles. The molecule has 0 bridgehead atoms. The number of ether oxygens (including phenoxy) is 1. The summed E-state index contributed by atoms with van der Waals surface area (Å²) in [5.41, 5.74) is 2.88. The van der Waals surface area contributed by atoms with Crippen LogP contribution in [0.3, 0.4) is 0 Å². The molecule has 0 radical (unpaired) electrons. The van der Waals surface area contributed by atoms with E-state index in [1.54, 1.807) is 18.3 Å². The highest BCUT2D eigenvalue weighted by molar-refractivity contribution is 9.11. The molecule has 0 amide bonds. The van der Waals surface area contributed by atoms with Crippen molar-refractivity contribution in [3.8, 4) is 17.2 Å². The highest BCUT2D eigenvalue weighted by Gasteiger charge is 2.13. The molecule has 0 aliphatic carbocycles. The minimum absolute atomic E-state index is 0.209. The van der Waals surface area contributed by atoms with Crippen LogP contribution in [0, 0.1) is 0 Å². The Morgan fingerprint density at radius 3 is 2.48 bits per heavy atom. The molecule has 5 nitrogen and oxygen atoms in total. The van der Waals surface area contributed by atoms with Crippen molar-refractivity contribution in [2.24, 2.45) is 0 Å². The van der Waals surface area contributed by atoms with E-state index in [-0.39, 0.29) is 11.7 Å². The van der Waals surface area contributed by atoms with Crippen LogP contribution in [0.1, 0.15) is 36.6 Å². The second kappa shape index (κ2) is 7.58. The Hall–Kier alpha value is -1.86. The van der Waals surface area contributed by atoms with Crippen LogP contribution in [0.2, 0.25) is 0 Å². The quantitative estimate of drug-likeness (QED) is 0.517. The van der Waals surface area contributed by atoms with Gasteiger partial charge in [0.15, 0.2) is 5.75 Å². The molecule has 0 aliphatic rings. The Kier molecular flexibility index (Phi) is 5.44. The van der Waals surface area contributed by atoms with Crippen molar-refractivity contribution in [3.63, 3.8) is 0 Å². The van der Waals surface area contributed by atoms with E-state index in [1.165, 1.54) is 0 Å². The Bertz CT molecular complexity index is 857. The third-order valence-corrected chi connectivity index (χ3v) is 4.94. The third-order valence-electron chi connectivity index (χ3n) is 3.76. The highest BCUT2D eigenvalue weighted by Crippen LogP contribution is 2.39. The van der Waals surface area contributed by atoms with E-state index in [0.717, 1.165) is 25.8 Å². The molecular formula is C18H17Br2N3O2. The monoisotopic (exact) mass is 465 g/mol. The Morgan fingerprint density at radius 1 is 1.16 bits per heavy atom. The van der Waals surface area contributed by atoms with Gasteiger partial charge in [0.05, 0.1) is 20.8 Å². The van der Waals surface area contributed by atoms with Gasteiger partial charge in [0.1, 0.15) is 11.5 Å². The molecule has 0 atom stereocenters. The van der Waals surface area contributed by atoms with E-state index in [1.807, 2.05) is 32.0 Å². The molecule has 0 spiro atoms. The van der Waals surface area contributed by atoms with E-state index in [2.05, 4.69) is 47.3 Å². The number of aromatic amines is 1. The summed E-state index contributed by atoms with van der Waals surface area (Å²) in [4.78, 5) is 0. The average molecular weight is 467 g/mol. The van der Waals surface area contributed by atoms with Gasteiger partial charge in [-0.25, -0.2) is 0 Å². The summed E-state index contributed by atoms with van der Waals surface area (Å²) in [7, 11) is 0. The first kappa shape index (κ1) is 17.9. The Labute approximate surface area is 162 Å². The summed E-state index contributed by atoms with van der Waals surface area (Å²) in [6.45, 7) is 4.06. The normalized spacial score (nSPS) is 11.1. The molecule has 3 rings (SSSR count). The van der Waals surface area contributed by atoms with Crippen LogP contribution in [0.4, 0.5) is 0 Å². The van der Waals surface area contributed by atoms with Gasteiger partial charge in [0.2, 0.25) is 0 Å². The number of phenolic OH excluding ortho intramolecular Hbond substituents is 1. The largest absolute Gasteiger partial charge is 0.508 e. The molecule has 25 heavy (non-hydrogen) atoms. The maximum Gasteiger partial charge on any atom is 0.155 e. The summed E-state index contributed by atoms with van der Waals surface area (Å²) in [5, 5.41) is 20.3. The Morgan fingerprint density at radius 2 is 1.88 bits per heavy atom. The maximum absolute atomic E-state index is 9.95. The average Bonchev–Trinajstić information content (AvgIpc) is 3.05. The summed E-state index contributed by atoms with van der Waals surface area (Å²) in [6.07, 6.45) is 2.40. The van der Waals surface area contributed by atoms with Gasteiger partial charge in [-0.05, 0) is 73.7 Å². The zero-order valence-electron chi connectivity index (χ0n) is 13.8. The number of phenols is 1. The summed E-state index contributed by atoms with van der Waals surface area (Å²) >= 11 is 7.15. The first-order valence-electron chi connectivity index (χ1n) is 7.77. The van der Waals surface area contributed by atoms with Crippen LogP contribution < -0.4 is 4.74 Å². The number of nitrogens with zero attached hydrogens (tertiary/aromatic N) is 2. The fraction of sp³-hybridized carbons (Fsp3) is 0.222. The number of halogens is 2. The number of aromatic hydroxyl groups is 1. The molecule has 1 aromatic heterocycles. The molecule has 1 heterocycles. The second-order valence-electron chi connectivity index (χ2n) is 6.02. The lowest BCUT2D eigenvalue weighted by Gasteiger charge is -2.14. The summed E-state index contributed by atoms with van der Waals surface area (Å²) in [6, 6.07) is 9.29. The number of nitrogens with one attached hydrogen (secondary N) is 1. The van der Waals surface area contributed by atoms with Gasteiger partial charge >= 0.3 is 0 Å². The van der Waals surface area contributed by atoms with Crippen LogP contribution >= 0.6 is 31.9 Å². The fourth-order valence-corrected chi connectivity index (χ4v) is 3.96. The molecule has 0 fully saturated rings. The van der Waals surface area contributed by atoms with E-state index in [0.29, 0.717) is 17.9 Å². The predicted octanol–water partition coefficient (Wildman–Crippen LogP) is 5.54. The Balaban J connectivity index is 1.87. The lowest BCUT2D eigenvalue weighted by molar-refractivity contribution is 0.453. The summed E-state index contributed by atoms with van der Waals surface area (Å²) in [5.74, 6) is 1.85. The maximum atomic E-state index is 9.95. The number of rotatable bonds is 5. The number of hydrogen-bond donors (Lipinski definition) is 2. The van der Waals surface area contributed by atoms with Crippen LogP contribution in [-0.2, 0) is 6.42 Å². The van der Waals surface area contributed by atoms with Crippen LogP contribution in [0.5, 0.6) is 17.2 Å². The molecule has 130 valence electrons. The topological polar surface area (TPSA) is 71.0 Å². The molecule has 3 aromatic rings. The lowest BCUT2D eigenvalue weighted by Crippen LogP contribution is -1.94. The van der Waals surface area contributed by atoms with Crippen molar-refractivity contribution in [1.29, 1.82) is 0 Å². The molecule has 2 aromatic carbocycles. The third kappa shape index (κ3) is 4.22. The predicted molar refractivity (Wildman–Crippen MR) is 103 cm³/mol. The number of H-pyrrole nitrogens is 1. The number of aromatic nitrogens is 3. The van der Waals surface area contributed by atoms with E-state index in [9.17, 15) is 5.11 Å². The van der Waals surface area contributed by atoms with Gasteiger partial charge in [-0.2, -0.15) is 0 Å². The van der Waals surface area contributed by atoms with Crippen molar-refractivity contribution < 1.29 is 9.84 Å². The van der Waals surface area contributed by atoms with Gasteiger partial charge < -0.3 is 9.84 Å². The molecule has 7 heteroatoms. The first-order valence-corrected chi connectivity index (χ1v) is 9.36. The molecular weight excluding hydrogens is 450 g/mol. The number of benzene rings is 2. The number of hydrogen-bond acceptors (Lipinski definition) is 4. The fourth-order valence-electron chi connectivity index (χ4n) is 2.51. The van der Waals surface area contributed by atoms with Crippen LogP contribution in [0.25, 0.3) is 0 Å². The molecule has 0 unspecified atom stereocenters. The van der Waals surface area contributed by atoms with Gasteiger partial charge in [0.25, 0.3) is 0 Å². The lowest BCUT2D eigenvalue weighted by atomic mass is 10.0. The molecule has 2 N–H and O–H groups in total. The van der Waals surface area contributed by atoms with E-state index in [4.69, 9.17) is 4.74 Å². The van der Waals surface area contributed by atoms with Crippen molar-refractivity contribution in [1.82, 2.24) is 15.4 Å². The first-order chi connectivity index (χ1) is 11.9. The molecule has 0 saturated heterocycles. The van der Waals surface area contributed by atoms with Crippen molar-refractivity contribution in [3.05, 3.63) is 62.3 Å². The van der Waals surface area contributed by atoms with Gasteiger partial charge in [-0.15, -0.1) is 5.10 Å². The zero-order valence-corrected chi connectivity index (χ0v) is 16.9. The highest BCUT2D eigenvalue weighted by atomic mass is 79.9. The minimum atomic E-state index is 0.209. The zero-order chi connectivity index (χ0) is 18.0. The standard InChI is InChI=1S/C18H17Br2N3O2/c1-10(2)14-8-13(3-4-17(14)24)25-18-15(19)6-11(7-16(18)20)5-12-9-21-23-22-12/h3-4,6-10,24H,5H2,1-2H3,(H,21,22,23). The van der Waals surface area contributed by atoms with Gasteiger partial charge in [0, 0.05) is 12.0 Å². The smallest absolute Gasteiger partial charge is 0.155 e. The van der Waals surface area contributed by atoms with Crippen molar-refractivity contribution in [2.45, 2.75) is 26.2 Å². The van der Waals surface area contributed by atoms with E-state index < -0.39 is 0 Å². The van der Waals surface area contributed by atoms with Crippen molar-refractivity contribution in [2.75, 3.05) is 0 Å². The second-order valence-corrected chi connectivity index (χ2v) is 7.73. The SMILES string of the molecule is CC(C)c1cc(Oc2c(Br)cc(Cc3cnn[nH]3)cc2Br)ccc1O. The van der Waals surface area contributed by atoms with Crippen LogP contribution in [-0.4, -0.2) is 20.5 Å². The minimum Gasteiger partial charge on any atom is -0.508 e. The molecule has 0 aliphatic heterocycles. The van der Waals surface area contributed by atoms with Gasteiger partial charge in [-0.1, -0.05) is 19.1 Å². The van der Waals surface area contributed by atoms with Crippen LogP contribution in [0.15, 0.2) is 45.5 Å². The summed E-state index contributed by atoms with van der Waals surface area (Å²) < 4.78 is 7.71. The van der Waals surface area contributed by atoms with E-state index >= 15 is 0 Å².